The van der Waals surface area contributed by atoms with Crippen molar-refractivity contribution in [2.75, 3.05) is 0 Å². The van der Waals surface area contributed by atoms with Crippen molar-refractivity contribution in [3.8, 4) is 0 Å². The summed E-state index contributed by atoms with van der Waals surface area (Å²) in [7, 11) is 0. The molecule has 0 bridgehead atoms. The first-order chi connectivity index (χ1) is 5.34. The molecular formula is C9H9BO. The van der Waals surface area contributed by atoms with Gasteiger partial charge in [-0.2, -0.15) is 0 Å². The van der Waals surface area contributed by atoms with E-state index in [-0.39, 0.29) is 5.78 Å². The Kier molecular flexibility index (Phi) is 2.78. The van der Waals surface area contributed by atoms with Gasteiger partial charge in [-0.25, -0.2) is 0 Å². The third kappa shape index (κ3) is 2.15. The fourth-order valence-electron chi connectivity index (χ4n) is 0.873. The third-order valence-corrected chi connectivity index (χ3v) is 1.43. The van der Waals surface area contributed by atoms with E-state index in [1.54, 1.807) is 6.92 Å². The number of benzene rings is 1. The average molecular weight is 144 g/mol. The number of carbonyl (C=O) groups is 1. The van der Waals surface area contributed by atoms with E-state index < -0.39 is 0 Å². The first kappa shape index (κ1) is 7.93. The van der Waals surface area contributed by atoms with Crippen LogP contribution in [0.15, 0.2) is 30.3 Å². The van der Waals surface area contributed by atoms with Gasteiger partial charge in [0, 0.05) is 0 Å². The molecule has 0 atom stereocenters. The number of hydrogen-bond acceptors (Lipinski definition) is 1. The predicted octanol–water partition coefficient (Wildman–Crippen LogP) is 1.42. The fourth-order valence-corrected chi connectivity index (χ4v) is 0.873. The van der Waals surface area contributed by atoms with Crippen molar-refractivity contribution in [3.63, 3.8) is 0 Å². The van der Waals surface area contributed by atoms with E-state index in [0.29, 0.717) is 6.32 Å². The minimum atomic E-state index is 0.126. The molecule has 0 aliphatic rings. The van der Waals surface area contributed by atoms with E-state index in [0.717, 1.165) is 5.56 Å². The van der Waals surface area contributed by atoms with Gasteiger partial charge in [0.05, 0.1) is 0 Å². The molecule has 0 unspecified atom stereocenters. The second-order valence-corrected chi connectivity index (χ2v) is 2.28. The molecule has 0 saturated carbocycles. The van der Waals surface area contributed by atoms with Crippen molar-refractivity contribution in [1.29, 1.82) is 0 Å². The molecule has 2 heteroatoms. The summed E-state index contributed by atoms with van der Waals surface area (Å²) in [5.41, 5.74) is 0.757. The van der Waals surface area contributed by atoms with Crippen LogP contribution in [0, 0.1) is 0 Å². The molecule has 0 N–H and O–H groups in total. The Bertz CT molecular complexity index is 254. The monoisotopic (exact) mass is 144 g/mol. The van der Waals surface area contributed by atoms with Crippen LogP contribution in [0.3, 0.4) is 0 Å². The van der Waals surface area contributed by atoms with Crippen LogP contribution in [0.1, 0.15) is 10.4 Å². The number of rotatable bonds is 3. The summed E-state index contributed by atoms with van der Waals surface area (Å²) in [6, 6.07) is 9.23. The molecule has 1 aromatic carbocycles. The van der Waals surface area contributed by atoms with Crippen LogP contribution < -0.4 is 0 Å². The number of Topliss-reactive ketones (excluding diaryl/α,β-unsaturated/α-hetero) is 1. The molecule has 54 valence electrons. The molecule has 0 radical (unpaired) electrons. The third-order valence-electron chi connectivity index (χ3n) is 1.43. The Hall–Kier alpha value is -1.18. The van der Waals surface area contributed by atoms with Gasteiger partial charge in [-0.1, -0.05) is 0 Å². The zero-order chi connectivity index (χ0) is 8.10. The van der Waals surface area contributed by atoms with Gasteiger partial charge in [0.15, 0.2) is 0 Å². The number of carbonyl (C=O) groups excluding carboxylic acids is 1. The van der Waals surface area contributed by atoms with Crippen LogP contribution >= 0.6 is 0 Å². The molecule has 0 saturated heterocycles. The van der Waals surface area contributed by atoms with Crippen molar-refractivity contribution in [2.24, 2.45) is 0 Å². The summed E-state index contributed by atoms with van der Waals surface area (Å²) in [6.07, 6.45) is 0.421. The summed E-state index contributed by atoms with van der Waals surface area (Å²) in [4.78, 5) is 11.2. The van der Waals surface area contributed by atoms with Crippen molar-refractivity contribution in [1.82, 2.24) is 0 Å². The molecule has 0 heterocycles. The molecule has 0 aliphatic carbocycles. The van der Waals surface area contributed by atoms with Gasteiger partial charge < -0.3 is 0 Å². The normalized spacial score (nSPS) is 8.73. The van der Waals surface area contributed by atoms with Gasteiger partial charge in [0.2, 0.25) is 0 Å². The molecule has 0 aliphatic heterocycles. The molecule has 1 aromatic rings. The second-order valence-electron chi connectivity index (χ2n) is 2.28. The summed E-state index contributed by atoms with van der Waals surface area (Å²) in [5, 5.41) is 0. The predicted molar refractivity (Wildman–Crippen MR) is 48.5 cm³/mol. The van der Waals surface area contributed by atoms with Crippen molar-refractivity contribution in [2.45, 2.75) is 6.32 Å². The molecule has 1 nitrogen and oxygen atoms in total. The fraction of sp³-hybridized carbons (Fsp3) is 0.111. The Labute approximate surface area is 67.0 Å². The Morgan fingerprint density at radius 1 is 1.36 bits per heavy atom. The van der Waals surface area contributed by atoms with E-state index in [1.807, 2.05) is 30.3 Å². The minimum absolute atomic E-state index is 0.126. The Balaban J connectivity index is 2.77. The van der Waals surface area contributed by atoms with Gasteiger partial charge >= 0.3 is 66.2 Å². The van der Waals surface area contributed by atoms with Crippen LogP contribution in [0.25, 0.3) is 0 Å². The van der Waals surface area contributed by atoms with Crippen molar-refractivity contribution in [3.05, 3.63) is 35.9 Å². The van der Waals surface area contributed by atoms with Crippen molar-refractivity contribution < 1.29 is 4.79 Å². The summed E-state index contributed by atoms with van der Waals surface area (Å²) >= 11 is 0. The summed E-state index contributed by atoms with van der Waals surface area (Å²) in [5.74, 6) is 0.126. The van der Waals surface area contributed by atoms with Crippen LogP contribution in [0.4, 0.5) is 0 Å². The molecule has 11 heavy (non-hydrogen) atoms. The summed E-state index contributed by atoms with van der Waals surface area (Å²) < 4.78 is 0. The zero-order valence-corrected chi connectivity index (χ0v) is 6.29. The SMILES string of the molecule is C=BCC(=O)c1ccccc1. The average Bonchev–Trinajstić information content (AvgIpc) is 2.07. The maximum absolute atomic E-state index is 11.2. The second kappa shape index (κ2) is 3.86. The van der Waals surface area contributed by atoms with Crippen LogP contribution in [-0.2, 0) is 0 Å². The van der Waals surface area contributed by atoms with E-state index in [4.69, 9.17) is 0 Å². The molecule has 0 amide bonds. The van der Waals surface area contributed by atoms with E-state index in [9.17, 15) is 4.79 Å². The van der Waals surface area contributed by atoms with Crippen LogP contribution in [-0.4, -0.2) is 19.2 Å². The van der Waals surface area contributed by atoms with Gasteiger partial charge in [-0.05, 0) is 0 Å². The zero-order valence-electron chi connectivity index (χ0n) is 6.29. The molecule has 0 aromatic heterocycles. The number of hydrogen-bond donors (Lipinski definition) is 0. The van der Waals surface area contributed by atoms with Crippen LogP contribution in [0.5, 0.6) is 0 Å². The van der Waals surface area contributed by atoms with Gasteiger partial charge in [-0.3, -0.25) is 0 Å². The summed E-state index contributed by atoms with van der Waals surface area (Å²) in [6.45, 7) is 5.13. The molecule has 1 rings (SSSR count). The van der Waals surface area contributed by atoms with Gasteiger partial charge in [0.25, 0.3) is 0 Å². The van der Waals surface area contributed by atoms with E-state index in [1.165, 1.54) is 0 Å². The molecule has 0 fully saturated rings. The molecule has 0 spiro atoms. The first-order valence-corrected chi connectivity index (χ1v) is 3.53. The first-order valence-electron chi connectivity index (χ1n) is 3.53. The number of ketones is 1. The van der Waals surface area contributed by atoms with Gasteiger partial charge in [0.1, 0.15) is 0 Å². The molecular weight excluding hydrogens is 135 g/mol. The maximum atomic E-state index is 11.2. The Morgan fingerprint density at radius 2 is 2.00 bits per heavy atom. The van der Waals surface area contributed by atoms with Gasteiger partial charge in [-0.15, -0.1) is 0 Å². The topological polar surface area (TPSA) is 17.1 Å². The van der Waals surface area contributed by atoms with E-state index >= 15 is 0 Å². The van der Waals surface area contributed by atoms with Crippen molar-refractivity contribution >= 4 is 19.2 Å². The van der Waals surface area contributed by atoms with Crippen LogP contribution in [0.2, 0.25) is 6.32 Å². The van der Waals surface area contributed by atoms with E-state index in [2.05, 4.69) is 6.47 Å². The quantitative estimate of drug-likeness (QED) is 0.463. The Morgan fingerprint density at radius 3 is 2.55 bits per heavy atom. The standard InChI is InChI=1S/C9H9BO/c1-10-7-9(11)8-5-3-2-4-6-8/h2-6H,1,7H2.